The first-order chi connectivity index (χ1) is 17.5. The molecule has 5 rings (SSSR count). The van der Waals surface area contributed by atoms with Crippen molar-refractivity contribution in [3.8, 4) is 11.5 Å². The second-order valence-corrected chi connectivity index (χ2v) is 10.8. The average Bonchev–Trinajstić information content (AvgIpc) is 2.92. The summed E-state index contributed by atoms with van der Waals surface area (Å²) in [4.78, 5) is 21.4. The van der Waals surface area contributed by atoms with Gasteiger partial charge in [-0.05, 0) is 63.0 Å². The maximum Gasteiger partial charge on any atom is 0.337 e. The first-order valence-electron chi connectivity index (χ1n) is 13.5. The molecule has 1 aliphatic carbocycles. The normalized spacial score (nSPS) is 21.6. The predicted molar refractivity (Wildman–Crippen MR) is 139 cm³/mol. The molecule has 36 heavy (non-hydrogen) atoms. The van der Waals surface area contributed by atoms with Crippen LogP contribution in [0.5, 0.6) is 11.5 Å². The molecule has 1 aromatic carbocycles. The molecule has 0 radical (unpaired) electrons. The van der Waals surface area contributed by atoms with Crippen molar-refractivity contribution in [2.75, 3.05) is 51.3 Å². The van der Waals surface area contributed by atoms with Gasteiger partial charge in [-0.15, -0.1) is 0 Å². The molecule has 1 aromatic heterocycles. The number of hydrogen-bond donors (Lipinski definition) is 2. The number of anilines is 1. The Bertz CT molecular complexity index is 1060. The molecular weight excluding hydrogens is 458 g/mol. The molecule has 1 saturated carbocycles. The number of fused-ring (bicyclic) bond motifs is 3. The van der Waals surface area contributed by atoms with Gasteiger partial charge in [-0.3, -0.25) is 4.98 Å². The zero-order valence-corrected chi connectivity index (χ0v) is 21.3. The van der Waals surface area contributed by atoms with Gasteiger partial charge in [0.05, 0.1) is 37.6 Å². The van der Waals surface area contributed by atoms with Crippen LogP contribution in [0, 0.1) is 11.8 Å². The highest BCUT2D eigenvalue weighted by atomic mass is 16.5. The second kappa shape index (κ2) is 10.8. The summed E-state index contributed by atoms with van der Waals surface area (Å²) in [6.45, 7) is 3.70. The number of ether oxygens (including phenoxy) is 2. The van der Waals surface area contributed by atoms with Crippen LogP contribution in [0.25, 0.3) is 10.9 Å². The van der Waals surface area contributed by atoms with Gasteiger partial charge in [0.1, 0.15) is 12.4 Å². The number of aliphatic hydroxyl groups is 1. The average molecular weight is 498 g/mol. The molecule has 3 aliphatic rings. The van der Waals surface area contributed by atoms with E-state index in [2.05, 4.69) is 9.88 Å². The van der Waals surface area contributed by atoms with E-state index in [-0.39, 0.29) is 12.5 Å². The van der Waals surface area contributed by atoms with Crippen LogP contribution in [0.4, 0.5) is 5.69 Å². The molecule has 196 valence electrons. The number of aromatic nitrogens is 1. The Labute approximate surface area is 213 Å². The lowest BCUT2D eigenvalue weighted by atomic mass is 9.79. The van der Waals surface area contributed by atoms with Gasteiger partial charge >= 0.3 is 5.97 Å². The largest absolute Gasteiger partial charge is 0.497 e. The number of piperidine rings is 1. The third kappa shape index (κ3) is 5.11. The summed E-state index contributed by atoms with van der Waals surface area (Å²) in [5, 5.41) is 22.7. The van der Waals surface area contributed by atoms with Crippen molar-refractivity contribution < 1.29 is 24.5 Å². The first-order valence-corrected chi connectivity index (χ1v) is 13.5. The topological polar surface area (TPSA) is 95.4 Å². The molecule has 8 heteroatoms. The maximum atomic E-state index is 12.5. The van der Waals surface area contributed by atoms with E-state index < -0.39 is 11.6 Å². The number of methoxy groups -OCH3 is 1. The summed E-state index contributed by atoms with van der Waals surface area (Å²) in [5.74, 6) is 0.698. The summed E-state index contributed by atoms with van der Waals surface area (Å²) < 4.78 is 11.3. The Kier molecular flexibility index (Phi) is 7.53. The van der Waals surface area contributed by atoms with Gasteiger partial charge in [-0.2, -0.15) is 0 Å². The summed E-state index contributed by atoms with van der Waals surface area (Å²) in [6, 6.07) is 5.63. The molecule has 2 fully saturated rings. The zero-order chi connectivity index (χ0) is 25.1. The number of aliphatic carboxylic acids is 1. The highest BCUT2D eigenvalue weighted by Crippen LogP contribution is 2.41. The van der Waals surface area contributed by atoms with E-state index in [0.29, 0.717) is 37.5 Å². The predicted octanol–water partition coefficient (Wildman–Crippen LogP) is 3.94. The van der Waals surface area contributed by atoms with Gasteiger partial charge in [0, 0.05) is 11.3 Å². The number of carbonyl (C=O) groups is 1. The lowest BCUT2D eigenvalue weighted by Gasteiger charge is -2.43. The highest BCUT2D eigenvalue weighted by Gasteiger charge is 2.47. The molecule has 2 aliphatic heterocycles. The van der Waals surface area contributed by atoms with E-state index in [1.54, 1.807) is 13.3 Å². The molecule has 8 nitrogen and oxygen atoms in total. The molecule has 2 aromatic rings. The maximum absolute atomic E-state index is 12.5. The fourth-order valence-electron chi connectivity index (χ4n) is 6.37. The standard InChI is InChI=1S/C28H39N3O5/c1-35-22-7-8-24-23(17-22)26-25(18-29-24)36-16-15-31(26)19-28(34,27(32)33)21-10-13-30(14-11-21)12-9-20-5-3-2-4-6-20/h7-8,17-18,20-21,34H,2-6,9-16,19H2,1H3,(H,32,33). The van der Waals surface area contributed by atoms with Crippen LogP contribution in [-0.2, 0) is 4.79 Å². The SMILES string of the molecule is COc1ccc2ncc3c(c2c1)N(CC(O)(C(=O)O)C1CCN(CCC2CCCCC2)CC1)CCO3. The van der Waals surface area contributed by atoms with E-state index in [1.165, 1.54) is 38.5 Å². The Hall–Kier alpha value is -2.58. The van der Waals surface area contributed by atoms with Crippen molar-refractivity contribution in [2.45, 2.75) is 57.0 Å². The molecule has 3 heterocycles. The number of pyridine rings is 1. The summed E-state index contributed by atoms with van der Waals surface area (Å²) >= 11 is 0. The molecule has 2 N–H and O–H groups in total. The van der Waals surface area contributed by atoms with Crippen LogP contribution in [0.15, 0.2) is 24.4 Å². The highest BCUT2D eigenvalue weighted by molar-refractivity contribution is 5.96. The zero-order valence-electron chi connectivity index (χ0n) is 21.3. The van der Waals surface area contributed by atoms with Crippen molar-refractivity contribution in [1.29, 1.82) is 0 Å². The lowest BCUT2D eigenvalue weighted by molar-refractivity contribution is -0.166. The van der Waals surface area contributed by atoms with Crippen molar-refractivity contribution >= 4 is 22.6 Å². The van der Waals surface area contributed by atoms with Crippen LogP contribution < -0.4 is 14.4 Å². The van der Waals surface area contributed by atoms with Crippen LogP contribution >= 0.6 is 0 Å². The summed E-state index contributed by atoms with van der Waals surface area (Å²) in [7, 11) is 1.61. The number of carboxylic acids is 1. The molecule has 1 atom stereocenters. The van der Waals surface area contributed by atoms with Gasteiger partial charge in [0.25, 0.3) is 0 Å². The summed E-state index contributed by atoms with van der Waals surface area (Å²) in [6.07, 6.45) is 11.1. The molecule has 0 bridgehead atoms. The van der Waals surface area contributed by atoms with Crippen LogP contribution in [-0.4, -0.2) is 78.1 Å². The quantitative estimate of drug-likeness (QED) is 0.566. The van der Waals surface area contributed by atoms with Crippen LogP contribution in [0.3, 0.4) is 0 Å². The van der Waals surface area contributed by atoms with Crippen LogP contribution in [0.2, 0.25) is 0 Å². The van der Waals surface area contributed by atoms with Crippen molar-refractivity contribution in [3.05, 3.63) is 24.4 Å². The van der Waals surface area contributed by atoms with E-state index in [1.807, 2.05) is 23.1 Å². The fraction of sp³-hybridized carbons (Fsp3) is 0.643. The molecular formula is C28H39N3O5. The van der Waals surface area contributed by atoms with Gasteiger partial charge in [-0.1, -0.05) is 32.1 Å². The minimum Gasteiger partial charge on any atom is -0.497 e. The van der Waals surface area contributed by atoms with Gasteiger partial charge in [-0.25, -0.2) is 4.79 Å². The number of β-amino-alcohol motifs (C(OH)–C–C–N with tert-alkyl or cyclic N) is 1. The number of likely N-dealkylation sites (tertiary alicyclic amines) is 1. The Morgan fingerprint density at radius 1 is 1.17 bits per heavy atom. The fourth-order valence-corrected chi connectivity index (χ4v) is 6.37. The second-order valence-electron chi connectivity index (χ2n) is 10.8. The minimum absolute atomic E-state index is 0.0156. The van der Waals surface area contributed by atoms with E-state index in [0.717, 1.165) is 42.1 Å². The van der Waals surface area contributed by atoms with Crippen LogP contribution in [0.1, 0.15) is 51.4 Å². The Balaban J connectivity index is 1.30. The number of rotatable bonds is 8. The number of carboxylic acid groups (broad SMARTS) is 1. The Morgan fingerprint density at radius 3 is 2.67 bits per heavy atom. The van der Waals surface area contributed by atoms with E-state index >= 15 is 0 Å². The van der Waals surface area contributed by atoms with E-state index in [4.69, 9.17) is 9.47 Å². The Morgan fingerprint density at radius 2 is 1.94 bits per heavy atom. The third-order valence-electron chi connectivity index (χ3n) is 8.59. The summed E-state index contributed by atoms with van der Waals surface area (Å²) in [5.41, 5.74) is -0.289. The van der Waals surface area contributed by atoms with Crippen molar-refractivity contribution in [2.24, 2.45) is 11.8 Å². The lowest BCUT2D eigenvalue weighted by Crippen LogP contribution is -2.57. The third-order valence-corrected chi connectivity index (χ3v) is 8.59. The minimum atomic E-state index is -1.83. The molecule has 1 unspecified atom stereocenters. The van der Waals surface area contributed by atoms with Gasteiger partial charge < -0.3 is 29.5 Å². The number of benzene rings is 1. The monoisotopic (exact) mass is 497 g/mol. The van der Waals surface area contributed by atoms with E-state index in [9.17, 15) is 15.0 Å². The molecule has 1 saturated heterocycles. The number of hydrogen-bond acceptors (Lipinski definition) is 7. The first kappa shape index (κ1) is 25.1. The molecule has 0 spiro atoms. The molecule has 0 amide bonds. The number of nitrogens with zero attached hydrogens (tertiary/aromatic N) is 3. The van der Waals surface area contributed by atoms with Gasteiger partial charge in [0.2, 0.25) is 0 Å². The van der Waals surface area contributed by atoms with Crippen molar-refractivity contribution in [1.82, 2.24) is 9.88 Å². The smallest absolute Gasteiger partial charge is 0.337 e. The van der Waals surface area contributed by atoms with Gasteiger partial charge in [0.15, 0.2) is 11.4 Å². The van der Waals surface area contributed by atoms with Crippen molar-refractivity contribution in [3.63, 3.8) is 0 Å².